The third kappa shape index (κ3) is 1.98. The molecule has 0 spiro atoms. The minimum atomic E-state index is -0.0762. The van der Waals surface area contributed by atoms with Crippen molar-refractivity contribution in [2.24, 2.45) is 5.92 Å². The fourth-order valence-corrected chi connectivity index (χ4v) is 2.65. The molecule has 2 rings (SSSR count). The molecule has 0 saturated heterocycles. The van der Waals surface area contributed by atoms with Gasteiger partial charge in [0.2, 0.25) is 0 Å². The second kappa shape index (κ2) is 3.99. The molecular weight excluding hydrogens is 178 g/mol. The summed E-state index contributed by atoms with van der Waals surface area (Å²) in [5.41, 5.74) is 0. The zero-order valence-corrected chi connectivity index (χ0v) is 8.78. The highest BCUT2D eigenvalue weighted by Crippen LogP contribution is 2.29. The Kier molecular flexibility index (Phi) is 2.88. The van der Waals surface area contributed by atoms with E-state index in [2.05, 4.69) is 4.90 Å². The lowest BCUT2D eigenvalue weighted by Crippen LogP contribution is -2.42. The Morgan fingerprint density at radius 3 is 2.71 bits per heavy atom. The second-order valence-electron chi connectivity index (χ2n) is 4.81. The minimum absolute atomic E-state index is 0.0762. The molecule has 14 heavy (non-hydrogen) atoms. The standard InChI is InChI=1S/C11H19NO2/c1-12(7-8-5-9(13)6-8)10-3-2-4-11(10)14/h8-10,13H,2-7H2,1H3. The maximum Gasteiger partial charge on any atom is 0.149 e. The number of ketones is 1. The van der Waals surface area contributed by atoms with Gasteiger partial charge in [0.1, 0.15) is 5.78 Å². The van der Waals surface area contributed by atoms with E-state index in [1.165, 1.54) is 0 Å². The normalized spacial score (nSPS) is 37.6. The van der Waals surface area contributed by atoms with Gasteiger partial charge in [-0.1, -0.05) is 0 Å². The van der Waals surface area contributed by atoms with Crippen LogP contribution in [0.2, 0.25) is 0 Å². The molecule has 3 heteroatoms. The van der Waals surface area contributed by atoms with Gasteiger partial charge in [-0.05, 0) is 38.6 Å². The fraction of sp³-hybridized carbons (Fsp3) is 0.909. The Morgan fingerprint density at radius 1 is 1.50 bits per heavy atom. The second-order valence-corrected chi connectivity index (χ2v) is 4.81. The van der Waals surface area contributed by atoms with Gasteiger partial charge >= 0.3 is 0 Å². The SMILES string of the molecule is CN(CC1CC(O)C1)C1CCCC1=O. The lowest BCUT2D eigenvalue weighted by atomic mass is 9.82. The zero-order valence-electron chi connectivity index (χ0n) is 8.78. The van der Waals surface area contributed by atoms with Crippen LogP contribution in [0.4, 0.5) is 0 Å². The Balaban J connectivity index is 1.77. The highest BCUT2D eigenvalue weighted by molar-refractivity contribution is 5.85. The number of likely N-dealkylation sites (N-methyl/N-ethyl adjacent to an activating group) is 1. The van der Waals surface area contributed by atoms with Crippen molar-refractivity contribution in [3.05, 3.63) is 0 Å². The molecule has 1 N–H and O–H groups in total. The molecule has 2 saturated carbocycles. The van der Waals surface area contributed by atoms with E-state index in [0.717, 1.165) is 38.6 Å². The fourth-order valence-electron chi connectivity index (χ4n) is 2.65. The summed E-state index contributed by atoms with van der Waals surface area (Å²) in [5, 5.41) is 9.16. The largest absolute Gasteiger partial charge is 0.393 e. The van der Waals surface area contributed by atoms with Crippen LogP contribution < -0.4 is 0 Å². The molecule has 0 heterocycles. The van der Waals surface area contributed by atoms with Crippen molar-refractivity contribution in [2.75, 3.05) is 13.6 Å². The molecule has 80 valence electrons. The van der Waals surface area contributed by atoms with Crippen LogP contribution in [0, 0.1) is 5.92 Å². The van der Waals surface area contributed by atoms with E-state index in [-0.39, 0.29) is 12.1 Å². The number of aliphatic hydroxyl groups excluding tert-OH is 1. The molecule has 0 radical (unpaired) electrons. The average Bonchev–Trinajstić information content (AvgIpc) is 2.48. The number of Topliss-reactive ketones (excluding diaryl/α,β-unsaturated/α-hetero) is 1. The quantitative estimate of drug-likeness (QED) is 0.728. The first-order valence-corrected chi connectivity index (χ1v) is 5.58. The number of aliphatic hydroxyl groups is 1. The predicted molar refractivity (Wildman–Crippen MR) is 54.0 cm³/mol. The summed E-state index contributed by atoms with van der Waals surface area (Å²) < 4.78 is 0. The molecule has 2 aliphatic rings. The molecule has 1 unspecified atom stereocenters. The molecule has 0 aromatic rings. The van der Waals surface area contributed by atoms with Gasteiger partial charge in [-0.15, -0.1) is 0 Å². The number of nitrogens with zero attached hydrogens (tertiary/aromatic N) is 1. The number of carbonyl (C=O) groups excluding carboxylic acids is 1. The maximum absolute atomic E-state index is 11.5. The summed E-state index contributed by atoms with van der Waals surface area (Å²) >= 11 is 0. The van der Waals surface area contributed by atoms with Crippen LogP contribution in [0.5, 0.6) is 0 Å². The van der Waals surface area contributed by atoms with Crippen molar-refractivity contribution in [1.82, 2.24) is 4.90 Å². The molecule has 2 fully saturated rings. The molecule has 1 atom stereocenters. The van der Waals surface area contributed by atoms with Crippen molar-refractivity contribution < 1.29 is 9.90 Å². The Hall–Kier alpha value is -0.410. The zero-order chi connectivity index (χ0) is 10.1. The third-order valence-electron chi connectivity index (χ3n) is 3.56. The van der Waals surface area contributed by atoms with E-state index in [1.54, 1.807) is 0 Å². The van der Waals surface area contributed by atoms with Gasteiger partial charge in [-0.3, -0.25) is 9.69 Å². The average molecular weight is 197 g/mol. The van der Waals surface area contributed by atoms with E-state index in [0.29, 0.717) is 11.7 Å². The number of carbonyl (C=O) groups is 1. The van der Waals surface area contributed by atoms with Gasteiger partial charge in [0.25, 0.3) is 0 Å². The van der Waals surface area contributed by atoms with Crippen LogP contribution in [-0.4, -0.2) is 41.5 Å². The highest BCUT2D eigenvalue weighted by Gasteiger charge is 2.33. The summed E-state index contributed by atoms with van der Waals surface area (Å²) in [4.78, 5) is 13.7. The van der Waals surface area contributed by atoms with Gasteiger partial charge in [-0.25, -0.2) is 0 Å². The van der Waals surface area contributed by atoms with E-state index < -0.39 is 0 Å². The van der Waals surface area contributed by atoms with E-state index in [1.807, 2.05) is 7.05 Å². The Morgan fingerprint density at radius 2 is 2.21 bits per heavy atom. The molecule has 0 bridgehead atoms. The minimum Gasteiger partial charge on any atom is -0.393 e. The first-order chi connectivity index (χ1) is 6.66. The third-order valence-corrected chi connectivity index (χ3v) is 3.56. The van der Waals surface area contributed by atoms with Crippen LogP contribution in [-0.2, 0) is 4.79 Å². The predicted octanol–water partition coefficient (Wildman–Crippen LogP) is 0.811. The summed E-state index contributed by atoms with van der Waals surface area (Å²) in [7, 11) is 2.04. The maximum atomic E-state index is 11.5. The van der Waals surface area contributed by atoms with Crippen molar-refractivity contribution >= 4 is 5.78 Å². The molecule has 0 amide bonds. The Bertz CT molecular complexity index is 223. The smallest absolute Gasteiger partial charge is 0.149 e. The lowest BCUT2D eigenvalue weighted by Gasteiger charge is -2.36. The molecule has 0 aliphatic heterocycles. The van der Waals surface area contributed by atoms with E-state index >= 15 is 0 Å². The molecular formula is C11H19NO2. The van der Waals surface area contributed by atoms with Crippen LogP contribution in [0.15, 0.2) is 0 Å². The van der Waals surface area contributed by atoms with Gasteiger partial charge in [0.15, 0.2) is 0 Å². The summed E-state index contributed by atoms with van der Waals surface area (Å²) in [6.07, 6.45) is 4.62. The molecule has 0 aromatic heterocycles. The van der Waals surface area contributed by atoms with Gasteiger partial charge < -0.3 is 5.11 Å². The van der Waals surface area contributed by atoms with Gasteiger partial charge in [-0.2, -0.15) is 0 Å². The molecule has 2 aliphatic carbocycles. The van der Waals surface area contributed by atoms with Crippen molar-refractivity contribution in [2.45, 2.75) is 44.2 Å². The van der Waals surface area contributed by atoms with Crippen LogP contribution >= 0.6 is 0 Å². The highest BCUT2D eigenvalue weighted by atomic mass is 16.3. The van der Waals surface area contributed by atoms with Crippen LogP contribution in [0.3, 0.4) is 0 Å². The number of hydrogen-bond donors (Lipinski definition) is 1. The summed E-state index contributed by atoms with van der Waals surface area (Å²) in [5.74, 6) is 1.02. The number of rotatable bonds is 3. The topological polar surface area (TPSA) is 40.5 Å². The first-order valence-electron chi connectivity index (χ1n) is 5.58. The summed E-state index contributed by atoms with van der Waals surface area (Å²) in [6.45, 7) is 0.980. The first kappa shape index (κ1) is 10.1. The van der Waals surface area contributed by atoms with E-state index in [9.17, 15) is 4.79 Å². The molecule has 0 aromatic carbocycles. The van der Waals surface area contributed by atoms with E-state index in [4.69, 9.17) is 5.11 Å². The molecule has 3 nitrogen and oxygen atoms in total. The van der Waals surface area contributed by atoms with Crippen LogP contribution in [0.1, 0.15) is 32.1 Å². The Labute approximate surface area is 85.1 Å². The van der Waals surface area contributed by atoms with Gasteiger partial charge in [0.05, 0.1) is 12.1 Å². The van der Waals surface area contributed by atoms with Crippen molar-refractivity contribution in [1.29, 1.82) is 0 Å². The number of hydrogen-bond acceptors (Lipinski definition) is 3. The monoisotopic (exact) mass is 197 g/mol. The lowest BCUT2D eigenvalue weighted by molar-refractivity contribution is -0.121. The van der Waals surface area contributed by atoms with Crippen molar-refractivity contribution in [3.8, 4) is 0 Å². The van der Waals surface area contributed by atoms with Gasteiger partial charge in [0, 0.05) is 13.0 Å². The van der Waals surface area contributed by atoms with Crippen LogP contribution in [0.25, 0.3) is 0 Å². The van der Waals surface area contributed by atoms with Crippen molar-refractivity contribution in [3.63, 3.8) is 0 Å². The summed E-state index contributed by atoms with van der Waals surface area (Å²) in [6, 6.07) is 0.174.